The molecule has 1 saturated heterocycles. The van der Waals surface area contributed by atoms with Crippen molar-refractivity contribution in [2.24, 2.45) is 5.73 Å². The Hall–Kier alpha value is -3.43. The van der Waals surface area contributed by atoms with Crippen molar-refractivity contribution < 1.29 is 15.0 Å². The quantitative estimate of drug-likeness (QED) is 0.492. The lowest BCUT2D eigenvalue weighted by atomic mass is 9.98. The number of nitrogens with two attached hydrogens (primary N) is 1. The number of likely N-dealkylation sites (N-methyl/N-ethyl adjacent to an activating group) is 1. The Bertz CT molecular complexity index is 1160. The minimum Gasteiger partial charge on any atom is -0.508 e. The van der Waals surface area contributed by atoms with Crippen molar-refractivity contribution in [2.75, 3.05) is 32.7 Å². The molecule has 0 aliphatic carbocycles. The van der Waals surface area contributed by atoms with Gasteiger partial charge in [-0.1, -0.05) is 32.9 Å². The topological polar surface area (TPSA) is 121 Å². The van der Waals surface area contributed by atoms with Crippen LogP contribution in [0.15, 0.2) is 36.4 Å². The van der Waals surface area contributed by atoms with Crippen molar-refractivity contribution in [1.82, 2.24) is 24.6 Å². The highest BCUT2D eigenvalue weighted by Crippen LogP contribution is 2.38. The molecule has 34 heavy (non-hydrogen) atoms. The van der Waals surface area contributed by atoms with E-state index < -0.39 is 5.91 Å². The molecular formula is C25H32N6O3. The van der Waals surface area contributed by atoms with Crippen LogP contribution in [0.4, 0.5) is 0 Å². The Morgan fingerprint density at radius 1 is 1.00 bits per heavy atom. The monoisotopic (exact) mass is 464 g/mol. The summed E-state index contributed by atoms with van der Waals surface area (Å²) in [5, 5.41) is 28.9. The average molecular weight is 465 g/mol. The predicted octanol–water partition coefficient (Wildman–Crippen LogP) is 2.71. The zero-order valence-corrected chi connectivity index (χ0v) is 19.9. The van der Waals surface area contributed by atoms with Gasteiger partial charge in [-0.05, 0) is 41.8 Å². The van der Waals surface area contributed by atoms with E-state index in [1.54, 1.807) is 10.6 Å². The molecule has 0 unspecified atom stereocenters. The van der Waals surface area contributed by atoms with E-state index in [4.69, 9.17) is 5.73 Å². The van der Waals surface area contributed by atoms with Crippen LogP contribution in [-0.2, 0) is 6.54 Å². The van der Waals surface area contributed by atoms with Gasteiger partial charge in [0.05, 0.1) is 5.56 Å². The number of rotatable bonds is 7. The Morgan fingerprint density at radius 3 is 2.24 bits per heavy atom. The summed E-state index contributed by atoms with van der Waals surface area (Å²) in [6, 6.07) is 10.8. The average Bonchev–Trinajstić information content (AvgIpc) is 3.25. The molecule has 0 atom stereocenters. The van der Waals surface area contributed by atoms with Crippen LogP contribution in [0.1, 0.15) is 48.4 Å². The Balaban J connectivity index is 1.67. The number of carbonyl (C=O) groups is 1. The third-order valence-electron chi connectivity index (χ3n) is 6.40. The summed E-state index contributed by atoms with van der Waals surface area (Å²) >= 11 is 0. The summed E-state index contributed by atoms with van der Waals surface area (Å²) in [6.45, 7) is 12.2. The van der Waals surface area contributed by atoms with Crippen LogP contribution < -0.4 is 5.73 Å². The van der Waals surface area contributed by atoms with Crippen LogP contribution in [0, 0.1) is 0 Å². The van der Waals surface area contributed by atoms with E-state index in [1.165, 1.54) is 11.6 Å². The molecule has 4 rings (SSSR count). The first kappa shape index (κ1) is 23.7. The number of hydrogen-bond donors (Lipinski definition) is 3. The number of nitrogens with zero attached hydrogens (tertiary/aromatic N) is 5. The highest BCUT2D eigenvalue weighted by molar-refractivity contribution is 5.90. The van der Waals surface area contributed by atoms with Gasteiger partial charge in [-0.25, -0.2) is 0 Å². The standard InChI is InChI=1S/C25H32N6O3/c1-4-29-9-11-30(12-10-29)15-17-5-7-18(8-6-17)31-24(27-28-25(31)23(26)34)20-13-19(16(2)3)21(32)14-22(20)33/h5-8,13-14,16,32-33H,4,9-12,15H2,1-3H3,(H2,26,34). The van der Waals surface area contributed by atoms with Crippen molar-refractivity contribution in [1.29, 1.82) is 0 Å². The van der Waals surface area contributed by atoms with Crippen LogP contribution in [0.2, 0.25) is 0 Å². The zero-order valence-electron chi connectivity index (χ0n) is 19.9. The lowest BCUT2D eigenvalue weighted by Gasteiger charge is -2.34. The second kappa shape index (κ2) is 9.82. The zero-order chi connectivity index (χ0) is 24.4. The summed E-state index contributed by atoms with van der Waals surface area (Å²) < 4.78 is 1.54. The van der Waals surface area contributed by atoms with Gasteiger partial charge in [0.1, 0.15) is 11.5 Å². The van der Waals surface area contributed by atoms with Gasteiger partial charge in [-0.2, -0.15) is 0 Å². The fourth-order valence-corrected chi connectivity index (χ4v) is 4.37. The third-order valence-corrected chi connectivity index (χ3v) is 6.40. The van der Waals surface area contributed by atoms with Crippen molar-refractivity contribution in [2.45, 2.75) is 33.2 Å². The molecule has 0 radical (unpaired) electrons. The highest BCUT2D eigenvalue weighted by atomic mass is 16.3. The largest absolute Gasteiger partial charge is 0.508 e. The van der Waals surface area contributed by atoms with Gasteiger partial charge in [0.15, 0.2) is 5.82 Å². The number of aromatic hydroxyl groups is 2. The van der Waals surface area contributed by atoms with Crippen molar-refractivity contribution >= 4 is 5.91 Å². The van der Waals surface area contributed by atoms with E-state index in [0.29, 0.717) is 16.8 Å². The second-order valence-electron chi connectivity index (χ2n) is 9.01. The van der Waals surface area contributed by atoms with E-state index >= 15 is 0 Å². The summed E-state index contributed by atoms with van der Waals surface area (Å²) in [7, 11) is 0. The molecule has 1 aromatic heterocycles. The minimum absolute atomic E-state index is 0.00145. The summed E-state index contributed by atoms with van der Waals surface area (Å²) in [4.78, 5) is 17.0. The van der Waals surface area contributed by atoms with Crippen molar-refractivity contribution in [3.05, 3.63) is 53.3 Å². The summed E-state index contributed by atoms with van der Waals surface area (Å²) in [5.74, 6) is -0.617. The maximum Gasteiger partial charge on any atom is 0.287 e. The lowest BCUT2D eigenvalue weighted by molar-refractivity contribution is 0.0988. The van der Waals surface area contributed by atoms with Crippen molar-refractivity contribution in [3.63, 3.8) is 0 Å². The number of phenolic OH excluding ortho intramolecular Hbond substituents is 2. The van der Waals surface area contributed by atoms with Crippen molar-refractivity contribution in [3.8, 4) is 28.6 Å². The number of primary amides is 1. The molecular weight excluding hydrogens is 432 g/mol. The van der Waals surface area contributed by atoms with Gasteiger partial charge in [-0.3, -0.25) is 14.3 Å². The van der Waals surface area contributed by atoms with E-state index in [-0.39, 0.29) is 29.1 Å². The molecule has 0 saturated carbocycles. The fraction of sp³-hybridized carbons (Fsp3) is 0.400. The van der Waals surface area contributed by atoms with E-state index in [0.717, 1.165) is 39.3 Å². The SMILES string of the molecule is CCN1CCN(Cc2ccc(-n3c(C(N)=O)nnc3-c3cc(C(C)C)c(O)cc3O)cc2)CC1. The first-order valence-corrected chi connectivity index (χ1v) is 11.6. The molecule has 2 aromatic carbocycles. The van der Waals surface area contributed by atoms with Crippen LogP contribution >= 0.6 is 0 Å². The van der Waals surface area contributed by atoms with Crippen LogP contribution in [0.5, 0.6) is 11.5 Å². The van der Waals surface area contributed by atoms with Gasteiger partial charge in [0.2, 0.25) is 5.82 Å². The normalized spacial score (nSPS) is 15.2. The molecule has 1 aliphatic heterocycles. The Kier molecular flexibility index (Phi) is 6.85. The minimum atomic E-state index is -0.723. The predicted molar refractivity (Wildman–Crippen MR) is 130 cm³/mol. The number of hydrogen-bond acceptors (Lipinski definition) is 7. The van der Waals surface area contributed by atoms with Gasteiger partial charge < -0.3 is 20.8 Å². The number of aromatic nitrogens is 3. The molecule has 180 valence electrons. The van der Waals surface area contributed by atoms with Gasteiger partial charge in [-0.15, -0.1) is 10.2 Å². The molecule has 2 heterocycles. The molecule has 0 spiro atoms. The first-order chi connectivity index (χ1) is 16.3. The number of phenols is 2. The molecule has 4 N–H and O–H groups in total. The molecule has 9 nitrogen and oxygen atoms in total. The van der Waals surface area contributed by atoms with Gasteiger partial charge >= 0.3 is 0 Å². The maximum absolute atomic E-state index is 12.1. The molecule has 1 aliphatic rings. The van der Waals surface area contributed by atoms with Gasteiger partial charge in [0.25, 0.3) is 5.91 Å². The van der Waals surface area contributed by atoms with Gasteiger partial charge in [0, 0.05) is 44.5 Å². The Labute approximate surface area is 199 Å². The first-order valence-electron chi connectivity index (χ1n) is 11.6. The Morgan fingerprint density at radius 2 is 1.65 bits per heavy atom. The van der Waals surface area contributed by atoms with Crippen LogP contribution in [-0.4, -0.2) is 73.4 Å². The van der Waals surface area contributed by atoms with E-state index in [9.17, 15) is 15.0 Å². The summed E-state index contributed by atoms with van der Waals surface area (Å²) in [6.07, 6.45) is 0. The number of carbonyl (C=O) groups excluding carboxylic acids is 1. The van der Waals surface area contributed by atoms with Crippen LogP contribution in [0.25, 0.3) is 17.1 Å². The van der Waals surface area contributed by atoms with Crippen LogP contribution in [0.3, 0.4) is 0 Å². The number of piperazine rings is 1. The molecule has 0 bridgehead atoms. The number of amides is 1. The highest BCUT2D eigenvalue weighted by Gasteiger charge is 2.23. The third kappa shape index (κ3) is 4.76. The van der Waals surface area contributed by atoms with E-state index in [2.05, 4.69) is 26.9 Å². The molecule has 3 aromatic rings. The molecule has 9 heteroatoms. The summed E-state index contributed by atoms with van der Waals surface area (Å²) in [5.41, 5.74) is 8.42. The lowest BCUT2D eigenvalue weighted by Crippen LogP contribution is -2.45. The fourth-order valence-electron chi connectivity index (χ4n) is 4.37. The second-order valence-corrected chi connectivity index (χ2v) is 9.01. The maximum atomic E-state index is 12.1. The van der Waals surface area contributed by atoms with E-state index in [1.807, 2.05) is 38.1 Å². The molecule has 1 fully saturated rings. The smallest absolute Gasteiger partial charge is 0.287 e. The molecule has 1 amide bonds. The number of benzene rings is 2.